The zero-order valence-corrected chi connectivity index (χ0v) is 15.6. The molecule has 2 aromatic rings. The van der Waals surface area contributed by atoms with Crippen molar-refractivity contribution in [2.24, 2.45) is 0 Å². The van der Waals surface area contributed by atoms with Crippen LogP contribution in [0, 0.1) is 0 Å². The molecule has 0 saturated carbocycles. The van der Waals surface area contributed by atoms with Gasteiger partial charge in [-0.25, -0.2) is 9.59 Å². The molecule has 0 aliphatic heterocycles. The van der Waals surface area contributed by atoms with Crippen LogP contribution in [0.2, 0.25) is 0 Å². The molecule has 0 aliphatic rings. The van der Waals surface area contributed by atoms with Crippen LogP contribution < -0.4 is 10.6 Å². The third kappa shape index (κ3) is 6.86. The van der Waals surface area contributed by atoms with E-state index in [1.54, 1.807) is 57.2 Å². The average Bonchev–Trinajstić information content (AvgIpc) is 2.59. The second-order valence-electron chi connectivity index (χ2n) is 6.90. The van der Waals surface area contributed by atoms with E-state index in [0.29, 0.717) is 11.4 Å². The topological polar surface area (TPSA) is 87.7 Å². The zero-order valence-electron chi connectivity index (χ0n) is 15.6. The van der Waals surface area contributed by atoms with E-state index in [-0.39, 0.29) is 0 Å². The van der Waals surface area contributed by atoms with Crippen LogP contribution in [0.5, 0.6) is 0 Å². The fourth-order valence-corrected chi connectivity index (χ4v) is 2.26. The predicted octanol–water partition coefficient (Wildman–Crippen LogP) is 4.61. The van der Waals surface area contributed by atoms with Gasteiger partial charge in [0.05, 0.1) is 11.4 Å². The van der Waals surface area contributed by atoms with Gasteiger partial charge in [0.25, 0.3) is 0 Å². The minimum Gasteiger partial charge on any atom is -0.479 e. The van der Waals surface area contributed by atoms with E-state index in [0.717, 1.165) is 5.56 Å². The number of anilines is 2. The summed E-state index contributed by atoms with van der Waals surface area (Å²) in [5.74, 6) is -1.03. The van der Waals surface area contributed by atoms with E-state index < -0.39 is 23.7 Å². The summed E-state index contributed by atoms with van der Waals surface area (Å²) in [4.78, 5) is 23.6. The highest BCUT2D eigenvalue weighted by Gasteiger charge is 2.19. The van der Waals surface area contributed by atoms with Crippen LogP contribution in [-0.4, -0.2) is 28.8 Å². The average molecular weight is 368 g/mol. The van der Waals surface area contributed by atoms with Gasteiger partial charge in [-0.05, 0) is 38.5 Å². The quantitative estimate of drug-likeness (QED) is 0.693. The van der Waals surface area contributed by atoms with Crippen molar-refractivity contribution >= 4 is 29.5 Å². The number of aliphatic carboxylic acids is 1. The SMILES string of the molecule is CC(C)(C)OC(=O)Nc1ccccc1NC(/C=C/c1ccccc1)C(=O)O. The lowest BCUT2D eigenvalue weighted by Crippen LogP contribution is -2.29. The van der Waals surface area contributed by atoms with Crippen LogP contribution in [0.25, 0.3) is 6.08 Å². The molecule has 0 saturated heterocycles. The van der Waals surface area contributed by atoms with Crippen LogP contribution in [-0.2, 0) is 9.53 Å². The minimum absolute atomic E-state index is 0.436. The van der Waals surface area contributed by atoms with Crippen LogP contribution in [0.3, 0.4) is 0 Å². The van der Waals surface area contributed by atoms with Gasteiger partial charge >= 0.3 is 12.1 Å². The smallest absolute Gasteiger partial charge is 0.412 e. The number of para-hydroxylation sites is 2. The Kier molecular flexibility index (Phi) is 6.60. The Morgan fingerprint density at radius 1 is 1.00 bits per heavy atom. The minimum atomic E-state index is -1.03. The van der Waals surface area contributed by atoms with Gasteiger partial charge in [0.2, 0.25) is 0 Å². The molecule has 6 heteroatoms. The number of hydrogen-bond donors (Lipinski definition) is 3. The standard InChI is InChI=1S/C21H24N2O4/c1-21(2,3)27-20(26)23-17-12-8-7-11-16(17)22-18(19(24)25)14-13-15-9-5-4-6-10-15/h4-14,18,22H,1-3H3,(H,23,26)(H,24,25)/b14-13+. The normalized spacial score (nSPS) is 12.4. The maximum absolute atomic E-state index is 12.0. The van der Waals surface area contributed by atoms with Crippen molar-refractivity contribution in [1.82, 2.24) is 0 Å². The van der Waals surface area contributed by atoms with Gasteiger partial charge in [-0.15, -0.1) is 0 Å². The van der Waals surface area contributed by atoms with E-state index in [1.807, 2.05) is 30.3 Å². The molecule has 0 spiro atoms. The largest absolute Gasteiger partial charge is 0.479 e. The first-order chi connectivity index (χ1) is 12.7. The number of benzene rings is 2. The summed E-state index contributed by atoms with van der Waals surface area (Å²) in [7, 11) is 0. The molecule has 0 heterocycles. The Morgan fingerprint density at radius 3 is 2.19 bits per heavy atom. The van der Waals surface area contributed by atoms with E-state index >= 15 is 0 Å². The molecule has 142 valence electrons. The number of carbonyl (C=O) groups is 2. The van der Waals surface area contributed by atoms with Crippen LogP contribution in [0.15, 0.2) is 60.7 Å². The monoisotopic (exact) mass is 368 g/mol. The fraction of sp³-hybridized carbons (Fsp3) is 0.238. The maximum Gasteiger partial charge on any atom is 0.412 e. The van der Waals surface area contributed by atoms with Crippen molar-refractivity contribution < 1.29 is 19.4 Å². The van der Waals surface area contributed by atoms with Gasteiger partial charge in [-0.3, -0.25) is 5.32 Å². The predicted molar refractivity (Wildman–Crippen MR) is 107 cm³/mol. The highest BCUT2D eigenvalue weighted by molar-refractivity contribution is 5.91. The van der Waals surface area contributed by atoms with Crippen molar-refractivity contribution in [2.45, 2.75) is 32.4 Å². The molecule has 0 bridgehead atoms. The van der Waals surface area contributed by atoms with Crippen molar-refractivity contribution in [3.63, 3.8) is 0 Å². The Balaban J connectivity index is 2.15. The molecule has 1 unspecified atom stereocenters. The molecule has 1 atom stereocenters. The molecule has 27 heavy (non-hydrogen) atoms. The van der Waals surface area contributed by atoms with E-state index in [2.05, 4.69) is 10.6 Å². The summed E-state index contributed by atoms with van der Waals surface area (Å²) in [6.45, 7) is 5.31. The van der Waals surface area contributed by atoms with Crippen molar-refractivity contribution in [2.75, 3.05) is 10.6 Å². The first-order valence-corrected chi connectivity index (χ1v) is 8.56. The lowest BCUT2D eigenvalue weighted by atomic mass is 10.1. The second-order valence-corrected chi connectivity index (χ2v) is 6.90. The van der Waals surface area contributed by atoms with E-state index in [1.165, 1.54) is 0 Å². The Bertz CT molecular complexity index is 810. The van der Waals surface area contributed by atoms with Crippen LogP contribution in [0.4, 0.5) is 16.2 Å². The zero-order chi connectivity index (χ0) is 19.9. The third-order valence-corrected chi connectivity index (χ3v) is 3.42. The molecule has 2 aromatic carbocycles. The maximum atomic E-state index is 12.0. The molecule has 0 radical (unpaired) electrons. The Labute approximate surface area is 158 Å². The number of amides is 1. The number of carboxylic acids is 1. The molecule has 2 rings (SSSR count). The Hall–Kier alpha value is -3.28. The van der Waals surface area contributed by atoms with E-state index in [9.17, 15) is 14.7 Å². The summed E-state index contributed by atoms with van der Waals surface area (Å²) in [5.41, 5.74) is 1.18. The van der Waals surface area contributed by atoms with Crippen LogP contribution in [0.1, 0.15) is 26.3 Å². The summed E-state index contributed by atoms with van der Waals surface area (Å²) in [6.07, 6.45) is 2.68. The van der Waals surface area contributed by atoms with Crippen LogP contribution >= 0.6 is 0 Å². The van der Waals surface area contributed by atoms with Gasteiger partial charge in [0, 0.05) is 0 Å². The van der Waals surface area contributed by atoms with Gasteiger partial charge in [-0.1, -0.05) is 54.6 Å². The van der Waals surface area contributed by atoms with Gasteiger partial charge < -0.3 is 15.2 Å². The van der Waals surface area contributed by atoms with Crippen molar-refractivity contribution in [3.05, 3.63) is 66.2 Å². The Morgan fingerprint density at radius 2 is 1.59 bits per heavy atom. The molecule has 3 N–H and O–H groups in total. The highest BCUT2D eigenvalue weighted by atomic mass is 16.6. The molecule has 0 aliphatic carbocycles. The van der Waals surface area contributed by atoms with Gasteiger partial charge in [-0.2, -0.15) is 0 Å². The number of hydrogen-bond acceptors (Lipinski definition) is 4. The number of nitrogens with one attached hydrogen (secondary N) is 2. The molecule has 1 amide bonds. The van der Waals surface area contributed by atoms with E-state index in [4.69, 9.17) is 4.74 Å². The summed E-state index contributed by atoms with van der Waals surface area (Å²) in [5, 5.41) is 15.1. The summed E-state index contributed by atoms with van der Waals surface area (Å²) in [6, 6.07) is 15.3. The molecule has 0 aromatic heterocycles. The fourth-order valence-electron chi connectivity index (χ4n) is 2.26. The molecular weight excluding hydrogens is 344 g/mol. The number of rotatable bonds is 6. The third-order valence-electron chi connectivity index (χ3n) is 3.42. The molecule has 0 fully saturated rings. The van der Waals surface area contributed by atoms with Crippen molar-refractivity contribution in [1.29, 1.82) is 0 Å². The lowest BCUT2D eigenvalue weighted by Gasteiger charge is -2.21. The first-order valence-electron chi connectivity index (χ1n) is 8.56. The highest BCUT2D eigenvalue weighted by Crippen LogP contribution is 2.23. The lowest BCUT2D eigenvalue weighted by molar-refractivity contribution is -0.136. The number of ether oxygens (including phenoxy) is 1. The second kappa shape index (κ2) is 8.89. The summed E-state index contributed by atoms with van der Waals surface area (Å²) >= 11 is 0. The molecule has 6 nitrogen and oxygen atoms in total. The summed E-state index contributed by atoms with van der Waals surface area (Å²) < 4.78 is 5.25. The number of carbonyl (C=O) groups excluding carboxylic acids is 1. The van der Waals surface area contributed by atoms with Gasteiger partial charge in [0.1, 0.15) is 11.6 Å². The van der Waals surface area contributed by atoms with Gasteiger partial charge in [0.15, 0.2) is 0 Å². The number of carboxylic acid groups (broad SMARTS) is 1. The molecular formula is C21H24N2O4. The van der Waals surface area contributed by atoms with Crippen molar-refractivity contribution in [3.8, 4) is 0 Å². The first kappa shape index (κ1) is 20.0.